The first-order chi connectivity index (χ1) is 21.9. The van der Waals surface area contributed by atoms with E-state index in [2.05, 4.69) is 169 Å². The molecule has 2 heteroatoms. The van der Waals surface area contributed by atoms with Gasteiger partial charge >= 0.3 is 0 Å². The Morgan fingerprint density at radius 1 is 0.477 bits per heavy atom. The van der Waals surface area contributed by atoms with E-state index in [1.54, 1.807) is 0 Å². The summed E-state index contributed by atoms with van der Waals surface area (Å²) in [4.78, 5) is 8.03. The topological polar surface area (TPSA) is 15.6 Å². The van der Waals surface area contributed by atoms with E-state index in [1.165, 1.54) is 50.3 Å². The monoisotopic (exact) mass is 560 g/mol. The highest BCUT2D eigenvalue weighted by molar-refractivity contribution is 6.40. The van der Waals surface area contributed by atoms with Gasteiger partial charge in [-0.05, 0) is 58.2 Å². The molecule has 2 aliphatic heterocycles. The molecule has 0 radical (unpaired) electrons. The Kier molecular flexibility index (Phi) is 5.60. The minimum atomic E-state index is -0.00779. The van der Waals surface area contributed by atoms with Crippen molar-refractivity contribution >= 4 is 39.6 Å². The number of para-hydroxylation sites is 2. The van der Waals surface area contributed by atoms with Crippen LogP contribution in [0.3, 0.4) is 0 Å². The molecule has 0 fully saturated rings. The van der Waals surface area contributed by atoms with Gasteiger partial charge in [-0.15, -0.1) is 0 Å². The van der Waals surface area contributed by atoms with Crippen molar-refractivity contribution in [2.45, 2.75) is 5.92 Å². The van der Waals surface area contributed by atoms with E-state index in [-0.39, 0.29) is 5.92 Å². The average Bonchev–Trinajstić information content (AvgIpc) is 3.32. The minimum Gasteiger partial charge on any atom is -0.309 e. The third kappa shape index (κ3) is 3.71. The van der Waals surface area contributed by atoms with Gasteiger partial charge in [0.15, 0.2) is 0 Å². The van der Waals surface area contributed by atoms with Crippen LogP contribution in [0.1, 0.15) is 33.7 Å². The first-order valence-electron chi connectivity index (χ1n) is 15.2. The second-order valence-electron chi connectivity index (χ2n) is 11.5. The second-order valence-corrected chi connectivity index (χ2v) is 11.5. The van der Waals surface area contributed by atoms with Crippen molar-refractivity contribution in [2.75, 3.05) is 4.90 Å². The lowest BCUT2D eigenvalue weighted by Crippen LogP contribution is -2.17. The van der Waals surface area contributed by atoms with E-state index >= 15 is 0 Å². The van der Waals surface area contributed by atoms with E-state index in [0.717, 1.165) is 28.2 Å². The van der Waals surface area contributed by atoms with Gasteiger partial charge in [-0.1, -0.05) is 133 Å². The molecule has 0 amide bonds. The zero-order valence-corrected chi connectivity index (χ0v) is 24.1. The molecule has 6 aromatic rings. The maximum atomic E-state index is 5.58. The summed E-state index contributed by atoms with van der Waals surface area (Å²) in [5.74, 6) is -0.00779. The molecule has 3 aliphatic rings. The van der Waals surface area contributed by atoms with Crippen molar-refractivity contribution in [3.8, 4) is 11.1 Å². The zero-order chi connectivity index (χ0) is 29.0. The van der Waals surface area contributed by atoms with E-state index in [9.17, 15) is 0 Å². The number of nitrogens with zero attached hydrogens (tertiary/aromatic N) is 2. The lowest BCUT2D eigenvalue weighted by Gasteiger charge is -2.34. The Labute approximate surface area is 257 Å². The quantitative estimate of drug-likeness (QED) is 0.210. The van der Waals surface area contributed by atoms with Crippen LogP contribution in [-0.2, 0) is 0 Å². The normalized spacial score (nSPS) is 16.1. The van der Waals surface area contributed by atoms with Crippen LogP contribution in [0.4, 0.5) is 17.1 Å². The van der Waals surface area contributed by atoms with Gasteiger partial charge in [0.2, 0.25) is 0 Å². The number of benzene rings is 6. The van der Waals surface area contributed by atoms with Gasteiger partial charge in [0.1, 0.15) is 0 Å². The molecule has 0 aromatic heterocycles. The summed E-state index contributed by atoms with van der Waals surface area (Å²) in [5.41, 5.74) is 16.5. The molecule has 6 bridgehead atoms. The molecule has 44 heavy (non-hydrogen) atoms. The van der Waals surface area contributed by atoms with E-state index < -0.39 is 0 Å². The van der Waals surface area contributed by atoms with Crippen molar-refractivity contribution in [1.82, 2.24) is 0 Å². The third-order valence-corrected chi connectivity index (χ3v) is 9.06. The van der Waals surface area contributed by atoms with Crippen LogP contribution in [0.25, 0.3) is 28.0 Å². The van der Waals surface area contributed by atoms with Crippen molar-refractivity contribution in [3.05, 3.63) is 192 Å². The summed E-state index contributed by atoms with van der Waals surface area (Å²) in [6, 6.07) is 56.8. The molecular formula is C42H28N2. The Balaban J connectivity index is 1.50. The number of allylic oxidation sites excluding steroid dienone is 3. The number of anilines is 3. The van der Waals surface area contributed by atoms with Crippen LogP contribution < -0.4 is 4.90 Å². The Morgan fingerprint density at radius 2 is 1.07 bits per heavy atom. The summed E-state index contributed by atoms with van der Waals surface area (Å²) in [5, 5.41) is 0. The number of rotatable bonds is 3. The van der Waals surface area contributed by atoms with Gasteiger partial charge in [0, 0.05) is 33.9 Å². The molecular weight excluding hydrogens is 532 g/mol. The average molecular weight is 561 g/mol. The van der Waals surface area contributed by atoms with E-state index in [1.807, 2.05) is 0 Å². The van der Waals surface area contributed by atoms with Crippen LogP contribution in [0.15, 0.2) is 169 Å². The first kappa shape index (κ1) is 24.8. The van der Waals surface area contributed by atoms with Crippen LogP contribution >= 0.6 is 0 Å². The number of hydrogen-bond acceptors (Lipinski definition) is 2. The number of aliphatic imine (C=N–C) groups is 1. The van der Waals surface area contributed by atoms with Gasteiger partial charge in [-0.25, -0.2) is 4.99 Å². The molecule has 2 nitrogen and oxygen atoms in total. The molecule has 9 rings (SSSR count). The maximum Gasteiger partial charge on any atom is 0.0791 e. The summed E-state index contributed by atoms with van der Waals surface area (Å²) in [6.07, 6.45) is 2.41. The van der Waals surface area contributed by atoms with Gasteiger partial charge in [0.05, 0.1) is 22.8 Å². The fourth-order valence-electron chi connectivity index (χ4n) is 7.23. The van der Waals surface area contributed by atoms with Crippen molar-refractivity contribution in [1.29, 1.82) is 0 Å². The molecule has 2 heterocycles. The molecule has 0 N–H and O–H groups in total. The predicted molar refractivity (Wildman–Crippen MR) is 184 cm³/mol. The molecule has 6 aromatic carbocycles. The molecule has 1 unspecified atom stereocenters. The zero-order valence-electron chi connectivity index (χ0n) is 24.1. The number of fused-ring (bicyclic) bond motifs is 3. The van der Waals surface area contributed by atoms with Crippen LogP contribution in [0.2, 0.25) is 0 Å². The molecule has 0 saturated heterocycles. The molecule has 206 valence electrons. The highest BCUT2D eigenvalue weighted by Gasteiger charge is 2.39. The highest BCUT2D eigenvalue weighted by Crippen LogP contribution is 2.58. The second kappa shape index (κ2) is 9.93. The van der Waals surface area contributed by atoms with Crippen molar-refractivity contribution in [3.63, 3.8) is 0 Å². The highest BCUT2D eigenvalue weighted by atomic mass is 15.1. The summed E-state index contributed by atoms with van der Waals surface area (Å²) >= 11 is 0. The van der Waals surface area contributed by atoms with E-state index in [4.69, 9.17) is 4.99 Å². The number of hydrogen-bond donors (Lipinski definition) is 0. The SMILES string of the molecule is C1=C(c2ccccc2)N=C(c2ccccc2)C2=C3c4ccccc4N(c4ccccc4)c4cccc(c4-c4ccccc42)C13. The van der Waals surface area contributed by atoms with Gasteiger partial charge in [0.25, 0.3) is 0 Å². The molecule has 0 saturated carbocycles. The van der Waals surface area contributed by atoms with Crippen molar-refractivity contribution < 1.29 is 0 Å². The lowest BCUT2D eigenvalue weighted by atomic mass is 9.79. The Hall–Kier alpha value is -5.73. The van der Waals surface area contributed by atoms with Gasteiger partial charge < -0.3 is 4.90 Å². The van der Waals surface area contributed by atoms with Crippen LogP contribution in [0.5, 0.6) is 0 Å². The molecule has 0 spiro atoms. The first-order valence-corrected chi connectivity index (χ1v) is 15.2. The lowest BCUT2D eigenvalue weighted by molar-refractivity contribution is 1.09. The van der Waals surface area contributed by atoms with Crippen molar-refractivity contribution in [2.24, 2.45) is 4.99 Å². The summed E-state index contributed by atoms with van der Waals surface area (Å²) in [6.45, 7) is 0. The van der Waals surface area contributed by atoms with Crippen LogP contribution in [-0.4, -0.2) is 5.71 Å². The fourth-order valence-corrected chi connectivity index (χ4v) is 7.23. The predicted octanol–water partition coefficient (Wildman–Crippen LogP) is 10.7. The smallest absolute Gasteiger partial charge is 0.0791 e. The van der Waals surface area contributed by atoms with Gasteiger partial charge in [-0.3, -0.25) is 0 Å². The van der Waals surface area contributed by atoms with E-state index in [0.29, 0.717) is 0 Å². The largest absolute Gasteiger partial charge is 0.309 e. The van der Waals surface area contributed by atoms with Crippen LogP contribution in [0, 0.1) is 0 Å². The third-order valence-electron chi connectivity index (χ3n) is 9.06. The van der Waals surface area contributed by atoms with Gasteiger partial charge in [-0.2, -0.15) is 0 Å². The molecule has 1 atom stereocenters. The fraction of sp³-hybridized carbons (Fsp3) is 0.0238. The maximum absolute atomic E-state index is 5.58. The summed E-state index contributed by atoms with van der Waals surface area (Å²) in [7, 11) is 0. The Bertz CT molecular complexity index is 2160. The Morgan fingerprint density at radius 3 is 1.82 bits per heavy atom. The standard InChI is InChI=1S/C42H28N2/c1-4-15-28(16-5-1)36-27-35-33-24-14-26-38-39(33)31-21-10-11-22-32(31)41(42(43-36)29-17-6-2-7-18-29)40(35)34-23-12-13-25-37(34)44(38)30-19-8-3-9-20-30/h1-27,35H. The minimum absolute atomic E-state index is 0.00779. The summed E-state index contributed by atoms with van der Waals surface area (Å²) < 4.78 is 0. The molecule has 1 aliphatic carbocycles.